The van der Waals surface area contributed by atoms with Crippen LogP contribution in [0.5, 0.6) is 0 Å². The highest BCUT2D eigenvalue weighted by molar-refractivity contribution is 5.93. The molecule has 0 aliphatic heterocycles. The van der Waals surface area contributed by atoms with E-state index in [1.165, 1.54) is 30.4 Å². The molecule has 23 heavy (non-hydrogen) atoms. The van der Waals surface area contributed by atoms with Gasteiger partial charge in [-0.1, -0.05) is 0 Å². The van der Waals surface area contributed by atoms with Gasteiger partial charge in [0.1, 0.15) is 0 Å². The highest BCUT2D eigenvalue weighted by Gasteiger charge is 2.11. The minimum Gasteiger partial charge on any atom is -0.478 e. The third kappa shape index (κ3) is 5.45. The fourth-order valence-corrected chi connectivity index (χ4v) is 1.99. The number of aliphatic imine (C=N–C) groups is 2. The second kappa shape index (κ2) is 9.23. The predicted molar refractivity (Wildman–Crippen MR) is 83.3 cm³/mol. The van der Waals surface area contributed by atoms with Crippen molar-refractivity contribution in [2.45, 2.75) is 26.2 Å². The molecule has 120 valence electrons. The number of hydrogen-bond donors (Lipinski definition) is 2. The van der Waals surface area contributed by atoms with Crippen molar-refractivity contribution in [3.63, 3.8) is 0 Å². The van der Waals surface area contributed by atoms with Crippen LogP contribution in [-0.4, -0.2) is 34.9 Å². The summed E-state index contributed by atoms with van der Waals surface area (Å²) in [6.45, 7) is 1.66. The summed E-state index contributed by atoms with van der Waals surface area (Å²) < 4.78 is 0. The van der Waals surface area contributed by atoms with Crippen LogP contribution in [0.15, 0.2) is 27.7 Å². The van der Waals surface area contributed by atoms with Gasteiger partial charge >= 0.3 is 5.97 Å². The molecule has 0 radical (unpaired) electrons. The van der Waals surface area contributed by atoms with E-state index in [4.69, 9.17) is 5.11 Å². The maximum absolute atomic E-state index is 11.3. The molecule has 0 amide bonds. The quantitative estimate of drug-likeness (QED) is 0.331. The number of aliphatic carboxylic acids is 1. The lowest BCUT2D eigenvalue weighted by molar-refractivity contribution is -0.132. The van der Waals surface area contributed by atoms with Crippen molar-refractivity contribution in [3.8, 4) is 0 Å². The minimum atomic E-state index is -1.08. The number of aliphatic hydroxyl groups is 1. The molecule has 1 rings (SSSR count). The summed E-state index contributed by atoms with van der Waals surface area (Å²) in [4.78, 5) is 39.2. The molecule has 0 aliphatic carbocycles. The Bertz CT molecular complexity index is 711. The monoisotopic (exact) mass is 316 g/mol. The predicted octanol–water partition coefficient (Wildman–Crippen LogP) is 2.56. The number of unbranched alkanes of at least 4 members (excludes halogenated alkanes) is 1. The maximum atomic E-state index is 11.3. The highest BCUT2D eigenvalue weighted by atomic mass is 16.4. The van der Waals surface area contributed by atoms with Crippen LogP contribution in [0, 0.1) is 6.92 Å². The van der Waals surface area contributed by atoms with E-state index in [1.807, 2.05) is 0 Å². The van der Waals surface area contributed by atoms with Crippen molar-refractivity contribution in [2.75, 3.05) is 6.61 Å². The largest absolute Gasteiger partial charge is 0.478 e. The van der Waals surface area contributed by atoms with E-state index in [0.717, 1.165) is 0 Å². The summed E-state index contributed by atoms with van der Waals surface area (Å²) >= 11 is 0. The van der Waals surface area contributed by atoms with E-state index in [9.17, 15) is 19.5 Å². The van der Waals surface area contributed by atoms with Crippen molar-refractivity contribution in [1.82, 2.24) is 0 Å². The SMILES string of the molecule is Cc1c(C=C(CCCCO)C(=O)O)cc(N=C=O)cc1N=C=O. The van der Waals surface area contributed by atoms with Gasteiger partial charge in [-0.05, 0) is 55.5 Å². The highest BCUT2D eigenvalue weighted by Crippen LogP contribution is 2.30. The molecular weight excluding hydrogens is 300 g/mol. The Hall–Kier alpha value is -2.85. The standard InChI is InChI=1S/C16H16N2O5/c1-11-13(6-12(16(22)23)4-2-3-5-19)7-14(17-9-20)8-15(11)18-10-21/h6-8,19H,2-5H2,1H3,(H,22,23). The number of carboxylic acid groups (broad SMARTS) is 1. The first kappa shape index (κ1) is 18.2. The van der Waals surface area contributed by atoms with Gasteiger partial charge in [-0.15, -0.1) is 0 Å². The van der Waals surface area contributed by atoms with Gasteiger partial charge in [-0.2, -0.15) is 9.98 Å². The van der Waals surface area contributed by atoms with Crippen LogP contribution in [-0.2, 0) is 14.4 Å². The van der Waals surface area contributed by atoms with Crippen molar-refractivity contribution < 1.29 is 24.6 Å². The average molecular weight is 316 g/mol. The van der Waals surface area contributed by atoms with Gasteiger partial charge in [-0.25, -0.2) is 14.4 Å². The Morgan fingerprint density at radius 1 is 1.22 bits per heavy atom. The Kier molecular flexibility index (Phi) is 7.30. The van der Waals surface area contributed by atoms with Crippen molar-refractivity contribution in [1.29, 1.82) is 0 Å². The molecule has 0 fully saturated rings. The van der Waals surface area contributed by atoms with E-state index >= 15 is 0 Å². The van der Waals surface area contributed by atoms with Gasteiger partial charge in [-0.3, -0.25) is 0 Å². The number of rotatable bonds is 8. The number of carbonyl (C=O) groups excluding carboxylic acids is 2. The molecule has 0 aliphatic rings. The second-order valence-electron chi connectivity index (χ2n) is 4.74. The molecule has 0 heterocycles. The van der Waals surface area contributed by atoms with Crippen LogP contribution >= 0.6 is 0 Å². The molecule has 0 saturated heterocycles. The zero-order valence-electron chi connectivity index (χ0n) is 12.6. The summed E-state index contributed by atoms with van der Waals surface area (Å²) in [5.74, 6) is -1.08. The number of hydrogen-bond acceptors (Lipinski definition) is 6. The van der Waals surface area contributed by atoms with Crippen LogP contribution < -0.4 is 0 Å². The zero-order chi connectivity index (χ0) is 17.2. The number of isocyanates is 2. The van der Waals surface area contributed by atoms with Crippen molar-refractivity contribution >= 4 is 35.6 Å². The summed E-state index contributed by atoms with van der Waals surface area (Å²) in [6, 6.07) is 2.92. The normalized spacial score (nSPS) is 10.6. The maximum Gasteiger partial charge on any atom is 0.331 e. The van der Waals surface area contributed by atoms with Crippen molar-refractivity contribution in [3.05, 3.63) is 28.8 Å². The van der Waals surface area contributed by atoms with Crippen LogP contribution in [0.4, 0.5) is 11.4 Å². The Morgan fingerprint density at radius 2 is 1.91 bits per heavy atom. The molecular formula is C16H16N2O5. The van der Waals surface area contributed by atoms with Gasteiger partial charge in [0.2, 0.25) is 12.2 Å². The Balaban J connectivity index is 3.36. The first-order valence-electron chi connectivity index (χ1n) is 6.88. The summed E-state index contributed by atoms with van der Waals surface area (Å²) in [7, 11) is 0. The van der Waals surface area contributed by atoms with E-state index in [1.54, 1.807) is 6.92 Å². The lowest BCUT2D eigenvalue weighted by Crippen LogP contribution is -2.01. The van der Waals surface area contributed by atoms with E-state index in [2.05, 4.69) is 9.98 Å². The molecule has 7 heteroatoms. The lowest BCUT2D eigenvalue weighted by Gasteiger charge is -2.08. The minimum absolute atomic E-state index is 0.00629. The molecule has 0 bridgehead atoms. The fraction of sp³-hybridized carbons (Fsp3) is 0.312. The Morgan fingerprint density at radius 3 is 2.48 bits per heavy atom. The van der Waals surface area contributed by atoms with Gasteiger partial charge in [0.05, 0.1) is 11.4 Å². The van der Waals surface area contributed by atoms with Gasteiger partial charge in [0.15, 0.2) is 0 Å². The number of aliphatic hydroxyl groups excluding tert-OH is 1. The molecule has 0 aromatic heterocycles. The first-order chi connectivity index (χ1) is 11.0. The molecule has 0 spiro atoms. The van der Waals surface area contributed by atoms with E-state index in [-0.39, 0.29) is 30.0 Å². The number of nitrogens with zero attached hydrogens (tertiary/aromatic N) is 2. The second-order valence-corrected chi connectivity index (χ2v) is 4.74. The van der Waals surface area contributed by atoms with Gasteiger partial charge < -0.3 is 10.2 Å². The average Bonchev–Trinajstić information content (AvgIpc) is 2.51. The van der Waals surface area contributed by atoms with Crippen LogP contribution in [0.3, 0.4) is 0 Å². The lowest BCUT2D eigenvalue weighted by atomic mass is 10.0. The number of carboxylic acids is 1. The summed E-state index contributed by atoms with van der Waals surface area (Å²) in [5.41, 5.74) is 1.67. The summed E-state index contributed by atoms with van der Waals surface area (Å²) in [5, 5.41) is 18.0. The third-order valence-electron chi connectivity index (χ3n) is 3.20. The van der Waals surface area contributed by atoms with Crippen LogP contribution in [0.2, 0.25) is 0 Å². The molecule has 0 atom stereocenters. The molecule has 7 nitrogen and oxygen atoms in total. The zero-order valence-corrected chi connectivity index (χ0v) is 12.6. The van der Waals surface area contributed by atoms with Gasteiger partial charge in [0, 0.05) is 12.2 Å². The fourth-order valence-electron chi connectivity index (χ4n) is 1.99. The first-order valence-corrected chi connectivity index (χ1v) is 6.88. The Labute approximate surface area is 132 Å². The topological polar surface area (TPSA) is 116 Å². The number of benzene rings is 1. The smallest absolute Gasteiger partial charge is 0.331 e. The van der Waals surface area contributed by atoms with Crippen LogP contribution in [0.1, 0.15) is 30.4 Å². The van der Waals surface area contributed by atoms with E-state index < -0.39 is 5.97 Å². The van der Waals surface area contributed by atoms with Crippen molar-refractivity contribution in [2.24, 2.45) is 9.98 Å². The van der Waals surface area contributed by atoms with E-state index in [0.29, 0.717) is 24.0 Å². The summed E-state index contributed by atoms with van der Waals surface area (Å²) in [6.07, 6.45) is 5.55. The molecule has 2 N–H and O–H groups in total. The molecule has 1 aromatic carbocycles. The molecule has 0 unspecified atom stereocenters. The number of carbonyl (C=O) groups is 1. The van der Waals surface area contributed by atoms with Crippen LogP contribution in [0.25, 0.3) is 6.08 Å². The van der Waals surface area contributed by atoms with Gasteiger partial charge in [0.25, 0.3) is 0 Å². The molecule has 1 aromatic rings. The molecule has 0 saturated carbocycles. The third-order valence-corrected chi connectivity index (χ3v) is 3.20.